The first-order valence-electron chi connectivity index (χ1n) is 6.60. The van der Waals surface area contributed by atoms with Crippen molar-refractivity contribution in [3.63, 3.8) is 0 Å². The van der Waals surface area contributed by atoms with Gasteiger partial charge in [0.05, 0.1) is 14.2 Å². The zero-order valence-corrected chi connectivity index (χ0v) is 13.8. The molecule has 1 heterocycles. The Morgan fingerprint density at radius 3 is 2.33 bits per heavy atom. The molecule has 5 nitrogen and oxygen atoms in total. The smallest absolute Gasteiger partial charge is 0.224 e. The number of aryl methyl sites for hydroxylation is 1. The molecule has 0 N–H and O–H groups in total. The molecule has 0 spiro atoms. The van der Waals surface area contributed by atoms with Crippen LogP contribution in [0.25, 0.3) is 0 Å². The van der Waals surface area contributed by atoms with Crippen LogP contribution in [0.2, 0.25) is 0 Å². The van der Waals surface area contributed by atoms with E-state index in [1.54, 1.807) is 32.4 Å². The molecule has 0 saturated carbocycles. The maximum Gasteiger partial charge on any atom is 0.224 e. The van der Waals surface area contributed by atoms with Crippen molar-refractivity contribution in [1.29, 1.82) is 0 Å². The van der Waals surface area contributed by atoms with Crippen LogP contribution in [0.3, 0.4) is 0 Å². The van der Waals surface area contributed by atoms with Gasteiger partial charge in [-0.2, -0.15) is 4.98 Å². The summed E-state index contributed by atoms with van der Waals surface area (Å²) in [7, 11) is 3.17. The average molecular weight is 353 g/mol. The van der Waals surface area contributed by atoms with Crippen molar-refractivity contribution < 1.29 is 14.2 Å². The first-order valence-corrected chi connectivity index (χ1v) is 7.39. The van der Waals surface area contributed by atoms with Gasteiger partial charge in [0.15, 0.2) is 11.5 Å². The van der Waals surface area contributed by atoms with Crippen molar-refractivity contribution in [2.24, 2.45) is 0 Å². The maximum absolute atomic E-state index is 5.86. The van der Waals surface area contributed by atoms with Crippen molar-refractivity contribution in [1.82, 2.24) is 9.97 Å². The highest BCUT2D eigenvalue weighted by Crippen LogP contribution is 2.39. The monoisotopic (exact) mass is 352 g/mol. The zero-order chi connectivity index (χ0) is 15.2. The van der Waals surface area contributed by atoms with Crippen LogP contribution in [0.5, 0.6) is 23.1 Å². The summed E-state index contributed by atoms with van der Waals surface area (Å²) < 4.78 is 17.2. The van der Waals surface area contributed by atoms with Crippen molar-refractivity contribution in [3.8, 4) is 23.1 Å². The number of para-hydroxylation sites is 1. The molecule has 0 unspecified atom stereocenters. The van der Waals surface area contributed by atoms with Gasteiger partial charge in [-0.15, -0.1) is 0 Å². The van der Waals surface area contributed by atoms with Gasteiger partial charge < -0.3 is 14.2 Å². The van der Waals surface area contributed by atoms with Gasteiger partial charge in [-0.3, -0.25) is 0 Å². The third kappa shape index (κ3) is 3.85. The lowest BCUT2D eigenvalue weighted by Gasteiger charge is -2.13. The number of nitrogens with zero attached hydrogens (tertiary/aromatic N) is 2. The number of rotatable bonds is 6. The number of halogens is 1. The third-order valence-electron chi connectivity index (χ3n) is 2.78. The van der Waals surface area contributed by atoms with Crippen LogP contribution in [0.1, 0.15) is 19.2 Å². The lowest BCUT2D eigenvalue weighted by atomic mass is 10.3. The molecular formula is C15H17BrN2O3. The summed E-state index contributed by atoms with van der Waals surface area (Å²) in [5.74, 6) is 2.84. The molecule has 0 bridgehead atoms. The van der Waals surface area contributed by atoms with Gasteiger partial charge in [-0.1, -0.05) is 13.0 Å². The molecule has 0 saturated heterocycles. The van der Waals surface area contributed by atoms with Gasteiger partial charge in [-0.05, 0) is 34.5 Å². The summed E-state index contributed by atoms with van der Waals surface area (Å²) in [5, 5.41) is 0. The molecule has 0 aliphatic rings. The molecule has 112 valence electrons. The molecule has 0 fully saturated rings. The molecule has 0 amide bonds. The van der Waals surface area contributed by atoms with Crippen LogP contribution in [0, 0.1) is 0 Å². The fourth-order valence-electron chi connectivity index (χ4n) is 1.85. The van der Waals surface area contributed by atoms with Crippen LogP contribution in [0.4, 0.5) is 0 Å². The second-order valence-corrected chi connectivity index (χ2v) is 5.10. The minimum Gasteiger partial charge on any atom is -0.493 e. The highest BCUT2D eigenvalue weighted by molar-refractivity contribution is 9.10. The lowest BCUT2D eigenvalue weighted by molar-refractivity contribution is 0.341. The highest BCUT2D eigenvalue weighted by Gasteiger charge is 2.14. The van der Waals surface area contributed by atoms with Crippen LogP contribution < -0.4 is 14.2 Å². The predicted octanol–water partition coefficient (Wildman–Crippen LogP) is 4.00. The van der Waals surface area contributed by atoms with Crippen molar-refractivity contribution >= 4 is 15.9 Å². The molecule has 21 heavy (non-hydrogen) atoms. The fraction of sp³-hybridized carbons (Fsp3) is 0.333. The first kappa shape index (κ1) is 15.6. The average Bonchev–Trinajstić information content (AvgIpc) is 2.47. The molecule has 0 radical (unpaired) electrons. The first-order chi connectivity index (χ1) is 10.2. The second-order valence-electron chi connectivity index (χ2n) is 4.29. The standard InChI is InChI=1S/C15H17BrN2O3/c1-4-6-13-17-12(16)9-14(18-13)21-15-10(19-2)7-5-8-11(15)20-3/h5,7-9H,4,6H2,1-3H3. The SMILES string of the molecule is CCCc1nc(Br)cc(Oc2c(OC)cccc2OC)n1. The number of ether oxygens (including phenoxy) is 3. The Labute approximate surface area is 132 Å². The van der Waals surface area contributed by atoms with Gasteiger partial charge in [0.2, 0.25) is 11.6 Å². The Kier molecular flexibility index (Phi) is 5.38. The molecule has 1 aromatic carbocycles. The molecule has 1 aromatic heterocycles. The quantitative estimate of drug-likeness (QED) is 0.735. The van der Waals surface area contributed by atoms with Crippen molar-refractivity contribution in [3.05, 3.63) is 34.7 Å². The van der Waals surface area contributed by atoms with Gasteiger partial charge in [0.25, 0.3) is 0 Å². The Hall–Kier alpha value is -1.82. The summed E-state index contributed by atoms with van der Waals surface area (Å²) >= 11 is 3.37. The van der Waals surface area contributed by atoms with Crippen molar-refractivity contribution in [2.75, 3.05) is 14.2 Å². The van der Waals surface area contributed by atoms with E-state index in [-0.39, 0.29) is 0 Å². The Morgan fingerprint density at radius 1 is 1.10 bits per heavy atom. The zero-order valence-electron chi connectivity index (χ0n) is 12.2. The van der Waals surface area contributed by atoms with Crippen LogP contribution in [-0.4, -0.2) is 24.2 Å². The van der Waals surface area contributed by atoms with E-state index >= 15 is 0 Å². The number of hydrogen-bond donors (Lipinski definition) is 0. The minimum atomic E-state index is 0.447. The molecule has 2 aromatic rings. The Balaban J connectivity index is 2.37. The van der Waals surface area contributed by atoms with Gasteiger partial charge in [-0.25, -0.2) is 4.98 Å². The highest BCUT2D eigenvalue weighted by atomic mass is 79.9. The molecule has 2 rings (SSSR count). The van der Waals surface area contributed by atoms with E-state index in [1.807, 2.05) is 6.07 Å². The Morgan fingerprint density at radius 2 is 1.76 bits per heavy atom. The predicted molar refractivity (Wildman–Crippen MR) is 83.3 cm³/mol. The molecule has 0 aliphatic carbocycles. The maximum atomic E-state index is 5.86. The van der Waals surface area contributed by atoms with E-state index in [0.29, 0.717) is 27.7 Å². The molecular weight excluding hydrogens is 336 g/mol. The van der Waals surface area contributed by atoms with E-state index in [4.69, 9.17) is 14.2 Å². The van der Waals surface area contributed by atoms with Gasteiger partial charge in [0, 0.05) is 12.5 Å². The van der Waals surface area contributed by atoms with E-state index in [2.05, 4.69) is 32.8 Å². The third-order valence-corrected chi connectivity index (χ3v) is 3.19. The molecule has 0 atom stereocenters. The van der Waals surface area contributed by atoms with Gasteiger partial charge >= 0.3 is 0 Å². The van der Waals surface area contributed by atoms with E-state index < -0.39 is 0 Å². The van der Waals surface area contributed by atoms with Crippen molar-refractivity contribution in [2.45, 2.75) is 19.8 Å². The largest absolute Gasteiger partial charge is 0.493 e. The number of hydrogen-bond acceptors (Lipinski definition) is 5. The fourth-order valence-corrected chi connectivity index (χ4v) is 2.25. The summed E-state index contributed by atoms with van der Waals surface area (Å²) in [6.07, 6.45) is 1.76. The van der Waals surface area contributed by atoms with Gasteiger partial charge in [0.1, 0.15) is 10.4 Å². The van der Waals surface area contributed by atoms with Crippen LogP contribution >= 0.6 is 15.9 Å². The summed E-state index contributed by atoms with van der Waals surface area (Å²) in [6.45, 7) is 2.08. The normalized spacial score (nSPS) is 10.3. The molecule has 6 heteroatoms. The number of aromatic nitrogens is 2. The Bertz CT molecular complexity index is 598. The minimum absolute atomic E-state index is 0.447. The van der Waals surface area contributed by atoms with E-state index in [0.717, 1.165) is 18.7 Å². The number of methoxy groups -OCH3 is 2. The molecule has 0 aliphatic heterocycles. The topological polar surface area (TPSA) is 53.5 Å². The van der Waals surface area contributed by atoms with Crippen LogP contribution in [0.15, 0.2) is 28.9 Å². The van der Waals surface area contributed by atoms with E-state index in [1.165, 1.54) is 0 Å². The number of benzene rings is 1. The summed E-state index contributed by atoms with van der Waals surface area (Å²) in [5.41, 5.74) is 0. The summed E-state index contributed by atoms with van der Waals surface area (Å²) in [4.78, 5) is 8.71. The van der Waals surface area contributed by atoms with E-state index in [9.17, 15) is 0 Å². The van der Waals surface area contributed by atoms with Crippen LogP contribution in [-0.2, 0) is 6.42 Å². The lowest BCUT2D eigenvalue weighted by Crippen LogP contribution is -2.00. The summed E-state index contributed by atoms with van der Waals surface area (Å²) in [6, 6.07) is 7.16. The second kappa shape index (κ2) is 7.26.